The van der Waals surface area contributed by atoms with Crippen molar-refractivity contribution >= 4 is 51.4 Å². The van der Waals surface area contributed by atoms with E-state index in [0.717, 1.165) is 63.1 Å². The standard InChI is InChI=1S/C32H36ClN3OS/c1-22-27(26-17-9-11-19-29(26)35(22)21-23-12-8-10-18-28(23)33)20-30-31(37)36(25-15-6-3-7-16-25)32(38-30)34-24-13-4-2-5-14-24/h8-12,17-20,24-25H,2-7,13-16,21H2,1H3. The molecule has 0 spiro atoms. The van der Waals surface area contributed by atoms with E-state index in [-0.39, 0.29) is 11.9 Å². The van der Waals surface area contributed by atoms with E-state index in [1.54, 1.807) is 11.8 Å². The van der Waals surface area contributed by atoms with Crippen molar-refractivity contribution in [2.75, 3.05) is 0 Å². The number of amides is 1. The molecular formula is C32H36ClN3OS. The van der Waals surface area contributed by atoms with Crippen LogP contribution in [0.3, 0.4) is 0 Å². The van der Waals surface area contributed by atoms with Gasteiger partial charge in [-0.1, -0.05) is 86.5 Å². The van der Waals surface area contributed by atoms with Crippen LogP contribution in [0.5, 0.6) is 0 Å². The van der Waals surface area contributed by atoms with Crippen LogP contribution < -0.4 is 0 Å². The highest BCUT2D eigenvalue weighted by Gasteiger charge is 2.39. The van der Waals surface area contributed by atoms with Gasteiger partial charge in [0.1, 0.15) is 0 Å². The molecule has 0 radical (unpaired) electrons. The minimum Gasteiger partial charge on any atom is -0.340 e. The van der Waals surface area contributed by atoms with E-state index in [1.807, 2.05) is 18.2 Å². The Labute approximate surface area is 235 Å². The van der Waals surface area contributed by atoms with Crippen LogP contribution in [-0.4, -0.2) is 32.6 Å². The first-order valence-electron chi connectivity index (χ1n) is 14.2. The molecule has 2 aliphatic carbocycles. The molecule has 4 nitrogen and oxygen atoms in total. The van der Waals surface area contributed by atoms with Crippen molar-refractivity contribution in [3.8, 4) is 0 Å². The zero-order valence-electron chi connectivity index (χ0n) is 22.2. The smallest absolute Gasteiger partial charge is 0.267 e. The molecule has 0 N–H and O–H groups in total. The number of thioether (sulfide) groups is 1. The van der Waals surface area contributed by atoms with Gasteiger partial charge in [-0.15, -0.1) is 0 Å². The zero-order valence-corrected chi connectivity index (χ0v) is 23.7. The van der Waals surface area contributed by atoms with Crippen LogP contribution in [0, 0.1) is 6.92 Å². The molecular weight excluding hydrogens is 510 g/mol. The molecule has 1 amide bonds. The lowest BCUT2D eigenvalue weighted by Crippen LogP contribution is -2.41. The Morgan fingerprint density at radius 2 is 1.63 bits per heavy atom. The normalized spacial score (nSPS) is 21.8. The second-order valence-corrected chi connectivity index (χ2v) is 12.4. The highest BCUT2D eigenvalue weighted by Crippen LogP contribution is 2.40. The lowest BCUT2D eigenvalue weighted by atomic mass is 9.94. The van der Waals surface area contributed by atoms with Crippen molar-refractivity contribution in [3.05, 3.63) is 75.3 Å². The van der Waals surface area contributed by atoms with Crippen molar-refractivity contribution in [2.24, 2.45) is 4.99 Å². The summed E-state index contributed by atoms with van der Waals surface area (Å²) in [5.41, 5.74) is 4.52. The molecule has 2 aromatic carbocycles. The van der Waals surface area contributed by atoms with Gasteiger partial charge >= 0.3 is 0 Å². The predicted octanol–water partition coefficient (Wildman–Crippen LogP) is 8.59. The van der Waals surface area contributed by atoms with E-state index in [1.165, 1.54) is 43.9 Å². The van der Waals surface area contributed by atoms with E-state index in [9.17, 15) is 4.79 Å². The molecule has 0 bridgehead atoms. The predicted molar refractivity (Wildman–Crippen MR) is 161 cm³/mol. The maximum Gasteiger partial charge on any atom is 0.267 e. The number of nitrogens with zero attached hydrogens (tertiary/aromatic N) is 3. The Balaban J connectivity index is 1.39. The van der Waals surface area contributed by atoms with Gasteiger partial charge in [0.2, 0.25) is 0 Å². The fourth-order valence-corrected chi connectivity index (χ4v) is 7.66. The first-order chi connectivity index (χ1) is 18.6. The first-order valence-corrected chi connectivity index (χ1v) is 15.4. The SMILES string of the molecule is Cc1c(C=C2SC(=NC3CCCCC3)N(C3CCCCC3)C2=O)c2ccccc2n1Cc1ccccc1Cl. The number of para-hydroxylation sites is 1. The number of fused-ring (bicyclic) bond motifs is 1. The van der Waals surface area contributed by atoms with Gasteiger partial charge in [0.15, 0.2) is 5.17 Å². The van der Waals surface area contributed by atoms with E-state index < -0.39 is 0 Å². The van der Waals surface area contributed by atoms with Crippen LogP contribution in [0.25, 0.3) is 17.0 Å². The van der Waals surface area contributed by atoms with Gasteiger partial charge in [-0.2, -0.15) is 0 Å². The highest BCUT2D eigenvalue weighted by atomic mass is 35.5. The lowest BCUT2D eigenvalue weighted by Gasteiger charge is -2.31. The third kappa shape index (κ3) is 5.08. The average Bonchev–Trinajstić information content (AvgIpc) is 3.39. The Kier molecular flexibility index (Phi) is 7.67. The van der Waals surface area contributed by atoms with E-state index in [2.05, 4.69) is 52.8 Å². The van der Waals surface area contributed by atoms with E-state index in [0.29, 0.717) is 12.6 Å². The van der Waals surface area contributed by atoms with Crippen LogP contribution in [0.15, 0.2) is 58.4 Å². The van der Waals surface area contributed by atoms with Crippen molar-refractivity contribution < 1.29 is 4.79 Å². The summed E-state index contributed by atoms with van der Waals surface area (Å²) in [5.74, 6) is 0.138. The summed E-state index contributed by atoms with van der Waals surface area (Å²) in [6, 6.07) is 17.1. The second-order valence-electron chi connectivity index (χ2n) is 11.0. The monoisotopic (exact) mass is 545 g/mol. The first kappa shape index (κ1) is 25.8. The molecule has 2 saturated carbocycles. The van der Waals surface area contributed by atoms with Gasteiger partial charge in [0.25, 0.3) is 5.91 Å². The highest BCUT2D eigenvalue weighted by molar-refractivity contribution is 8.18. The molecule has 38 heavy (non-hydrogen) atoms. The Bertz CT molecular complexity index is 1390. The topological polar surface area (TPSA) is 37.6 Å². The number of halogens is 1. The van der Waals surface area contributed by atoms with Crippen LogP contribution in [0.4, 0.5) is 0 Å². The molecule has 0 atom stereocenters. The molecule has 3 aromatic rings. The summed E-state index contributed by atoms with van der Waals surface area (Å²) >= 11 is 8.13. The summed E-state index contributed by atoms with van der Waals surface area (Å²) in [6.45, 7) is 2.85. The summed E-state index contributed by atoms with van der Waals surface area (Å²) < 4.78 is 2.32. The van der Waals surface area contributed by atoms with E-state index in [4.69, 9.17) is 16.6 Å². The Morgan fingerprint density at radius 1 is 0.947 bits per heavy atom. The molecule has 198 valence electrons. The van der Waals surface area contributed by atoms with Crippen LogP contribution in [-0.2, 0) is 11.3 Å². The third-order valence-corrected chi connectivity index (χ3v) is 9.85. The minimum absolute atomic E-state index is 0.138. The number of benzene rings is 2. The molecule has 2 heterocycles. The second kappa shape index (κ2) is 11.3. The molecule has 1 aliphatic heterocycles. The van der Waals surface area contributed by atoms with Crippen molar-refractivity contribution in [2.45, 2.75) is 89.8 Å². The number of aromatic nitrogens is 1. The summed E-state index contributed by atoms with van der Waals surface area (Å²) in [4.78, 5) is 22.1. The van der Waals surface area contributed by atoms with Gasteiger partial charge in [-0.05, 0) is 68.1 Å². The Hall–Kier alpha value is -2.50. The fourth-order valence-electron chi connectivity index (χ4n) is 6.38. The van der Waals surface area contributed by atoms with E-state index >= 15 is 0 Å². The number of hydrogen-bond donors (Lipinski definition) is 0. The molecule has 1 saturated heterocycles. The number of carbonyl (C=O) groups excluding carboxylic acids is 1. The quantitative estimate of drug-likeness (QED) is 0.301. The average molecular weight is 546 g/mol. The van der Waals surface area contributed by atoms with Gasteiger partial charge in [-0.25, -0.2) is 0 Å². The summed E-state index contributed by atoms with van der Waals surface area (Å²) in [7, 11) is 0. The van der Waals surface area contributed by atoms with Crippen molar-refractivity contribution in [1.82, 2.24) is 9.47 Å². The van der Waals surface area contributed by atoms with Crippen LogP contribution in [0.2, 0.25) is 5.02 Å². The number of carbonyl (C=O) groups is 1. The van der Waals surface area contributed by atoms with Crippen molar-refractivity contribution in [3.63, 3.8) is 0 Å². The summed E-state index contributed by atoms with van der Waals surface area (Å²) in [6.07, 6.45) is 14.1. The molecule has 6 rings (SSSR count). The third-order valence-electron chi connectivity index (χ3n) is 8.49. The molecule has 1 aromatic heterocycles. The van der Waals surface area contributed by atoms with Crippen LogP contribution in [0.1, 0.15) is 81.0 Å². The summed E-state index contributed by atoms with van der Waals surface area (Å²) in [5, 5.41) is 2.88. The maximum atomic E-state index is 14.0. The number of hydrogen-bond acceptors (Lipinski definition) is 3. The number of rotatable bonds is 5. The Morgan fingerprint density at radius 3 is 2.39 bits per heavy atom. The maximum absolute atomic E-state index is 14.0. The molecule has 0 unspecified atom stereocenters. The fraction of sp³-hybridized carbons (Fsp3) is 0.438. The largest absolute Gasteiger partial charge is 0.340 e. The number of amidine groups is 1. The van der Waals surface area contributed by atoms with Gasteiger partial charge in [0, 0.05) is 39.8 Å². The van der Waals surface area contributed by atoms with Gasteiger partial charge < -0.3 is 4.57 Å². The van der Waals surface area contributed by atoms with Gasteiger partial charge in [-0.3, -0.25) is 14.7 Å². The minimum atomic E-state index is 0.138. The van der Waals surface area contributed by atoms with Crippen molar-refractivity contribution in [1.29, 1.82) is 0 Å². The zero-order chi connectivity index (χ0) is 26.1. The molecule has 6 heteroatoms. The lowest BCUT2D eigenvalue weighted by molar-refractivity contribution is -0.124. The molecule has 3 aliphatic rings. The number of aliphatic imine (C=N–C) groups is 1. The van der Waals surface area contributed by atoms with Gasteiger partial charge in [0.05, 0.1) is 10.9 Å². The van der Waals surface area contributed by atoms with Crippen LogP contribution >= 0.6 is 23.4 Å². The molecule has 3 fully saturated rings.